The molecule has 0 saturated heterocycles. The second kappa shape index (κ2) is 7.49. The third-order valence-corrected chi connectivity index (χ3v) is 3.25. The summed E-state index contributed by atoms with van der Waals surface area (Å²) in [5.74, 6) is 0. The van der Waals surface area contributed by atoms with E-state index in [0.29, 0.717) is 0 Å². The number of nitrogens with one attached hydrogen (secondary N) is 1. The van der Waals surface area contributed by atoms with Crippen molar-refractivity contribution in [2.24, 2.45) is 0 Å². The van der Waals surface area contributed by atoms with Gasteiger partial charge >= 0.3 is 0 Å². The first-order chi connectivity index (χ1) is 8.28. The summed E-state index contributed by atoms with van der Waals surface area (Å²) >= 11 is 0. The van der Waals surface area contributed by atoms with Crippen molar-refractivity contribution >= 4 is 0 Å². The second-order valence-electron chi connectivity index (χ2n) is 4.54. The van der Waals surface area contributed by atoms with E-state index in [4.69, 9.17) is 5.10 Å². The Balaban J connectivity index is 2.87. The summed E-state index contributed by atoms with van der Waals surface area (Å²) in [6.45, 7) is 8.69. The van der Waals surface area contributed by atoms with Gasteiger partial charge in [-0.1, -0.05) is 33.6 Å². The van der Waals surface area contributed by atoms with Gasteiger partial charge in [0.25, 0.3) is 0 Å². The van der Waals surface area contributed by atoms with Gasteiger partial charge in [-0.05, 0) is 26.3 Å². The predicted molar refractivity (Wildman–Crippen MR) is 73.3 cm³/mol. The number of rotatable bonds is 8. The van der Waals surface area contributed by atoms with Crippen LogP contribution < -0.4 is 5.32 Å². The van der Waals surface area contributed by atoms with Crippen LogP contribution in [0.3, 0.4) is 0 Å². The zero-order chi connectivity index (χ0) is 12.7. The summed E-state index contributed by atoms with van der Waals surface area (Å²) in [5, 5.41) is 8.03. The van der Waals surface area contributed by atoms with E-state index < -0.39 is 0 Å². The van der Waals surface area contributed by atoms with Crippen molar-refractivity contribution in [1.82, 2.24) is 15.1 Å². The van der Waals surface area contributed by atoms with E-state index in [1.54, 1.807) is 0 Å². The molecule has 3 heteroatoms. The lowest BCUT2D eigenvalue weighted by atomic mass is 10.1. The summed E-state index contributed by atoms with van der Waals surface area (Å²) in [6.07, 6.45) is 5.92. The minimum absolute atomic E-state index is 0.945. The van der Waals surface area contributed by atoms with Crippen LogP contribution in [0, 0.1) is 0 Å². The van der Waals surface area contributed by atoms with Crippen molar-refractivity contribution in [3.63, 3.8) is 0 Å². The van der Waals surface area contributed by atoms with Crippen LogP contribution in [0.2, 0.25) is 0 Å². The maximum Gasteiger partial charge on any atom is 0.0669 e. The van der Waals surface area contributed by atoms with Crippen LogP contribution in [0.25, 0.3) is 0 Å². The van der Waals surface area contributed by atoms with Gasteiger partial charge in [-0.25, -0.2) is 0 Å². The fraction of sp³-hybridized carbons (Fsp3) is 0.786. The third-order valence-electron chi connectivity index (χ3n) is 3.25. The molecule has 0 atom stereocenters. The molecule has 1 N–H and O–H groups in total. The van der Waals surface area contributed by atoms with Crippen molar-refractivity contribution in [2.75, 3.05) is 7.05 Å². The molecule has 0 fully saturated rings. The van der Waals surface area contributed by atoms with E-state index in [0.717, 1.165) is 25.9 Å². The van der Waals surface area contributed by atoms with Crippen LogP contribution in [-0.2, 0) is 25.9 Å². The summed E-state index contributed by atoms with van der Waals surface area (Å²) < 4.78 is 2.24. The monoisotopic (exact) mass is 237 g/mol. The second-order valence-corrected chi connectivity index (χ2v) is 4.54. The smallest absolute Gasteiger partial charge is 0.0669 e. The van der Waals surface area contributed by atoms with E-state index in [1.165, 1.54) is 36.2 Å². The van der Waals surface area contributed by atoms with Gasteiger partial charge in [0.05, 0.1) is 5.69 Å². The first-order valence-electron chi connectivity index (χ1n) is 7.00. The molecule has 0 aliphatic heterocycles. The molecule has 0 unspecified atom stereocenters. The van der Waals surface area contributed by atoms with Crippen molar-refractivity contribution < 1.29 is 0 Å². The van der Waals surface area contributed by atoms with Crippen LogP contribution in [0.15, 0.2) is 0 Å². The lowest BCUT2D eigenvalue weighted by Gasteiger charge is -2.07. The number of hydrogen-bond donors (Lipinski definition) is 1. The maximum absolute atomic E-state index is 4.77. The molecule has 0 saturated carbocycles. The average Bonchev–Trinajstić information content (AvgIpc) is 2.67. The SMILES string of the molecule is CCCCCn1nc(CC)c(CNC)c1CC. The van der Waals surface area contributed by atoms with E-state index in [1.807, 2.05) is 7.05 Å². The molecule has 0 aliphatic carbocycles. The van der Waals surface area contributed by atoms with Crippen LogP contribution in [0.4, 0.5) is 0 Å². The van der Waals surface area contributed by atoms with Gasteiger partial charge in [0.1, 0.15) is 0 Å². The summed E-state index contributed by atoms with van der Waals surface area (Å²) in [6, 6.07) is 0. The van der Waals surface area contributed by atoms with Crippen LogP contribution in [0.1, 0.15) is 57.0 Å². The Morgan fingerprint density at radius 1 is 1.12 bits per heavy atom. The molecular formula is C14H27N3. The highest BCUT2D eigenvalue weighted by molar-refractivity contribution is 5.26. The van der Waals surface area contributed by atoms with E-state index in [2.05, 4.69) is 30.8 Å². The largest absolute Gasteiger partial charge is 0.316 e. The molecule has 17 heavy (non-hydrogen) atoms. The Labute approximate surface area is 106 Å². The molecule has 0 amide bonds. The highest BCUT2D eigenvalue weighted by Gasteiger charge is 2.14. The first-order valence-corrected chi connectivity index (χ1v) is 7.00. The molecule has 1 heterocycles. The van der Waals surface area contributed by atoms with Crippen LogP contribution in [0.5, 0.6) is 0 Å². The first kappa shape index (κ1) is 14.2. The van der Waals surface area contributed by atoms with Crippen molar-refractivity contribution in [3.8, 4) is 0 Å². The van der Waals surface area contributed by atoms with Gasteiger partial charge in [0.15, 0.2) is 0 Å². The Hall–Kier alpha value is -0.830. The molecule has 98 valence electrons. The van der Waals surface area contributed by atoms with Gasteiger partial charge in [0, 0.05) is 24.3 Å². The molecule has 1 aromatic heterocycles. The van der Waals surface area contributed by atoms with E-state index >= 15 is 0 Å². The Morgan fingerprint density at radius 2 is 1.88 bits per heavy atom. The van der Waals surface area contributed by atoms with Gasteiger partial charge < -0.3 is 5.32 Å². The predicted octanol–water partition coefficient (Wildman–Crippen LogP) is 2.92. The zero-order valence-corrected chi connectivity index (χ0v) is 11.8. The molecule has 3 nitrogen and oxygen atoms in total. The highest BCUT2D eigenvalue weighted by Crippen LogP contribution is 2.17. The minimum atomic E-state index is 0.945. The van der Waals surface area contributed by atoms with Gasteiger partial charge in [0.2, 0.25) is 0 Å². The average molecular weight is 237 g/mol. The lowest BCUT2D eigenvalue weighted by Crippen LogP contribution is -2.10. The van der Waals surface area contributed by atoms with Crippen LogP contribution >= 0.6 is 0 Å². The van der Waals surface area contributed by atoms with Gasteiger partial charge in [-0.3, -0.25) is 4.68 Å². The summed E-state index contributed by atoms with van der Waals surface area (Å²) in [4.78, 5) is 0. The third kappa shape index (κ3) is 3.56. The quantitative estimate of drug-likeness (QED) is 0.705. The Morgan fingerprint density at radius 3 is 2.41 bits per heavy atom. The molecule has 0 bridgehead atoms. The van der Waals surface area contributed by atoms with Crippen LogP contribution in [-0.4, -0.2) is 16.8 Å². The molecule has 1 rings (SSSR count). The fourth-order valence-electron chi connectivity index (χ4n) is 2.35. The Bertz CT molecular complexity index is 328. The number of hydrogen-bond acceptors (Lipinski definition) is 2. The normalized spacial score (nSPS) is 11.1. The van der Waals surface area contributed by atoms with Crippen molar-refractivity contribution in [3.05, 3.63) is 17.0 Å². The number of aromatic nitrogens is 2. The molecule has 0 aromatic carbocycles. The fourth-order valence-corrected chi connectivity index (χ4v) is 2.35. The topological polar surface area (TPSA) is 29.9 Å². The molecule has 0 spiro atoms. The van der Waals surface area contributed by atoms with Gasteiger partial charge in [-0.2, -0.15) is 5.10 Å². The summed E-state index contributed by atoms with van der Waals surface area (Å²) in [5.41, 5.74) is 4.12. The lowest BCUT2D eigenvalue weighted by molar-refractivity contribution is 0.531. The van der Waals surface area contributed by atoms with Gasteiger partial charge in [-0.15, -0.1) is 0 Å². The van der Waals surface area contributed by atoms with E-state index in [-0.39, 0.29) is 0 Å². The minimum Gasteiger partial charge on any atom is -0.316 e. The number of nitrogens with zero attached hydrogens (tertiary/aromatic N) is 2. The van der Waals surface area contributed by atoms with E-state index in [9.17, 15) is 0 Å². The number of aryl methyl sites for hydroxylation is 2. The standard InChI is InChI=1S/C14H27N3/c1-5-8-9-10-17-14(7-3)12(11-15-4)13(6-2)16-17/h15H,5-11H2,1-4H3. The van der Waals surface area contributed by atoms with Crippen molar-refractivity contribution in [1.29, 1.82) is 0 Å². The number of unbranched alkanes of at least 4 members (excludes halogenated alkanes) is 2. The molecule has 1 aromatic rings. The maximum atomic E-state index is 4.77. The molecule has 0 aliphatic rings. The Kier molecular flexibility index (Phi) is 6.27. The zero-order valence-electron chi connectivity index (χ0n) is 11.8. The summed E-state index contributed by atoms with van der Waals surface area (Å²) in [7, 11) is 2.01. The molecular weight excluding hydrogens is 210 g/mol. The van der Waals surface area contributed by atoms with Crippen molar-refractivity contribution in [2.45, 2.75) is 66.0 Å². The molecule has 0 radical (unpaired) electrons. The highest BCUT2D eigenvalue weighted by atomic mass is 15.3.